The molecule has 0 spiro atoms. The molecule has 8 heteroatoms. The fourth-order valence-electron chi connectivity index (χ4n) is 2.82. The summed E-state index contributed by atoms with van der Waals surface area (Å²) in [6.07, 6.45) is 1.60. The zero-order chi connectivity index (χ0) is 17.4. The molecule has 1 aliphatic rings. The fourth-order valence-corrected chi connectivity index (χ4v) is 3.95. The summed E-state index contributed by atoms with van der Waals surface area (Å²) in [5.74, 6) is -0.163. The molecule has 0 saturated heterocycles. The van der Waals surface area contributed by atoms with E-state index in [2.05, 4.69) is 31.5 Å². The maximum absolute atomic E-state index is 12.7. The molecule has 1 fully saturated rings. The Morgan fingerprint density at radius 3 is 2.61 bits per heavy atom. The number of carbonyl (C=O) groups is 2. The van der Waals surface area contributed by atoms with Crippen molar-refractivity contribution in [3.63, 3.8) is 0 Å². The number of carboxylic acid groups (broad SMARTS) is 1. The molecular weight excluding hydrogens is 386 g/mol. The summed E-state index contributed by atoms with van der Waals surface area (Å²) in [7, 11) is 0. The first-order valence-electron chi connectivity index (χ1n) is 7.17. The van der Waals surface area contributed by atoms with Crippen LogP contribution in [0.15, 0.2) is 16.7 Å². The first-order valence-corrected chi connectivity index (χ1v) is 8.34. The maximum Gasteiger partial charge on any atom is 0.404 e. The van der Waals surface area contributed by atoms with Gasteiger partial charge in [0.05, 0.1) is 16.1 Å². The standard InChI is InChI=1S/C15H19BrClN3O3/c1-14(2,11-10(16)4-8(17)7-18-11)12(21)20-15(3)5-9(6-15)19-13(22)23/h4,7,9,19H,5-6H2,1-3H3,(H,20,21)(H,22,23). The molecule has 0 aromatic carbocycles. The van der Waals surface area contributed by atoms with Crippen molar-refractivity contribution in [2.45, 2.75) is 50.6 Å². The number of amides is 2. The Bertz CT molecular complexity index is 645. The summed E-state index contributed by atoms with van der Waals surface area (Å²) in [5.41, 5.74) is -0.666. The number of hydrogen-bond donors (Lipinski definition) is 3. The molecule has 1 aromatic rings. The van der Waals surface area contributed by atoms with E-state index in [1.807, 2.05) is 6.92 Å². The smallest absolute Gasteiger partial charge is 0.404 e. The molecule has 23 heavy (non-hydrogen) atoms. The fraction of sp³-hybridized carbons (Fsp3) is 0.533. The molecule has 0 aliphatic heterocycles. The van der Waals surface area contributed by atoms with Gasteiger partial charge in [-0.1, -0.05) is 11.6 Å². The Morgan fingerprint density at radius 2 is 2.09 bits per heavy atom. The summed E-state index contributed by atoms with van der Waals surface area (Å²) in [4.78, 5) is 27.6. The number of hydrogen-bond acceptors (Lipinski definition) is 3. The minimum absolute atomic E-state index is 0.124. The van der Waals surface area contributed by atoms with Gasteiger partial charge in [0.1, 0.15) is 0 Å². The number of rotatable bonds is 4. The summed E-state index contributed by atoms with van der Waals surface area (Å²) < 4.78 is 0.675. The van der Waals surface area contributed by atoms with Crippen LogP contribution < -0.4 is 10.6 Å². The molecule has 6 nitrogen and oxygen atoms in total. The van der Waals surface area contributed by atoms with Crippen LogP contribution >= 0.6 is 27.5 Å². The first-order chi connectivity index (χ1) is 10.5. The van der Waals surface area contributed by atoms with Gasteiger partial charge in [0, 0.05) is 22.3 Å². The quantitative estimate of drug-likeness (QED) is 0.719. The van der Waals surface area contributed by atoms with Crippen LogP contribution in [0.4, 0.5) is 4.79 Å². The van der Waals surface area contributed by atoms with Crippen molar-refractivity contribution >= 4 is 39.5 Å². The van der Waals surface area contributed by atoms with Gasteiger partial charge in [0.2, 0.25) is 5.91 Å². The Hall–Kier alpha value is -1.34. The Kier molecular flexibility index (Phi) is 4.92. The van der Waals surface area contributed by atoms with Crippen LogP contribution in [0.2, 0.25) is 5.02 Å². The summed E-state index contributed by atoms with van der Waals surface area (Å²) in [6, 6.07) is 1.58. The number of pyridine rings is 1. The minimum Gasteiger partial charge on any atom is -0.465 e. The van der Waals surface area contributed by atoms with Gasteiger partial charge in [0.15, 0.2) is 0 Å². The van der Waals surface area contributed by atoms with E-state index in [9.17, 15) is 9.59 Å². The highest BCUT2D eigenvalue weighted by Crippen LogP contribution is 2.35. The number of nitrogens with zero attached hydrogens (tertiary/aromatic N) is 1. The van der Waals surface area contributed by atoms with Crippen LogP contribution in [-0.4, -0.2) is 33.7 Å². The van der Waals surface area contributed by atoms with Gasteiger partial charge in [-0.2, -0.15) is 0 Å². The Labute approximate surface area is 148 Å². The average Bonchev–Trinajstić information content (AvgIpc) is 2.35. The molecule has 1 heterocycles. The van der Waals surface area contributed by atoms with Gasteiger partial charge in [0.25, 0.3) is 0 Å². The van der Waals surface area contributed by atoms with E-state index in [4.69, 9.17) is 16.7 Å². The zero-order valence-electron chi connectivity index (χ0n) is 13.1. The highest BCUT2D eigenvalue weighted by atomic mass is 79.9. The normalized spacial score (nSPS) is 23.8. The number of aromatic nitrogens is 1. The Balaban J connectivity index is 2.06. The lowest BCUT2D eigenvalue weighted by Crippen LogP contribution is -2.63. The average molecular weight is 405 g/mol. The van der Waals surface area contributed by atoms with E-state index in [-0.39, 0.29) is 11.9 Å². The highest BCUT2D eigenvalue weighted by molar-refractivity contribution is 9.10. The summed E-state index contributed by atoms with van der Waals surface area (Å²) >= 11 is 9.29. The first kappa shape index (κ1) is 18.0. The molecule has 0 radical (unpaired) electrons. The van der Waals surface area contributed by atoms with Crippen LogP contribution in [0, 0.1) is 0 Å². The second kappa shape index (κ2) is 6.28. The molecule has 3 N–H and O–H groups in total. The van der Waals surface area contributed by atoms with Gasteiger partial charge < -0.3 is 15.7 Å². The van der Waals surface area contributed by atoms with E-state index in [1.165, 1.54) is 6.20 Å². The number of carbonyl (C=O) groups excluding carboxylic acids is 1. The summed E-state index contributed by atoms with van der Waals surface area (Å²) in [5, 5.41) is 14.6. The molecule has 0 atom stereocenters. The molecule has 0 unspecified atom stereocenters. The van der Waals surface area contributed by atoms with Crippen molar-refractivity contribution in [2.75, 3.05) is 0 Å². The van der Waals surface area contributed by atoms with Crippen molar-refractivity contribution in [1.29, 1.82) is 0 Å². The van der Waals surface area contributed by atoms with Gasteiger partial charge in [-0.15, -0.1) is 0 Å². The van der Waals surface area contributed by atoms with Crippen molar-refractivity contribution in [2.24, 2.45) is 0 Å². The molecule has 1 aliphatic carbocycles. The molecule has 0 bridgehead atoms. The third-order valence-corrected chi connectivity index (χ3v) is 4.92. The minimum atomic E-state index is -1.04. The molecule has 126 valence electrons. The van der Waals surface area contributed by atoms with Gasteiger partial charge in [-0.05, 0) is 55.6 Å². The van der Waals surface area contributed by atoms with Crippen LogP contribution in [0.5, 0.6) is 0 Å². The van der Waals surface area contributed by atoms with Crippen LogP contribution in [-0.2, 0) is 10.2 Å². The van der Waals surface area contributed by atoms with Gasteiger partial charge in [-0.3, -0.25) is 9.78 Å². The lowest BCUT2D eigenvalue weighted by Gasteiger charge is -2.46. The van der Waals surface area contributed by atoms with E-state index < -0.39 is 17.0 Å². The topological polar surface area (TPSA) is 91.3 Å². The molecule has 1 aromatic heterocycles. The Morgan fingerprint density at radius 1 is 1.48 bits per heavy atom. The van der Waals surface area contributed by atoms with Crippen LogP contribution in [0.1, 0.15) is 39.3 Å². The van der Waals surface area contributed by atoms with Crippen molar-refractivity contribution < 1.29 is 14.7 Å². The predicted molar refractivity (Wildman–Crippen MR) is 90.7 cm³/mol. The van der Waals surface area contributed by atoms with Crippen molar-refractivity contribution in [1.82, 2.24) is 15.6 Å². The number of nitrogens with one attached hydrogen (secondary N) is 2. The lowest BCUT2D eigenvalue weighted by atomic mass is 9.73. The molecule has 2 rings (SSSR count). The van der Waals surface area contributed by atoms with Gasteiger partial charge in [-0.25, -0.2) is 4.79 Å². The van der Waals surface area contributed by atoms with E-state index in [0.717, 1.165) is 0 Å². The number of halogens is 2. The molecule has 1 saturated carbocycles. The molecular formula is C15H19BrClN3O3. The second-order valence-corrected chi connectivity index (χ2v) is 7.97. The zero-order valence-corrected chi connectivity index (χ0v) is 15.5. The van der Waals surface area contributed by atoms with Crippen molar-refractivity contribution in [3.05, 3.63) is 27.5 Å². The lowest BCUT2D eigenvalue weighted by molar-refractivity contribution is -0.128. The molecule has 2 amide bonds. The predicted octanol–water partition coefficient (Wildman–Crippen LogP) is 3.08. The highest BCUT2D eigenvalue weighted by Gasteiger charge is 2.45. The second-order valence-electron chi connectivity index (χ2n) is 6.68. The largest absolute Gasteiger partial charge is 0.465 e. The van der Waals surface area contributed by atoms with Crippen LogP contribution in [0.25, 0.3) is 0 Å². The third kappa shape index (κ3) is 3.95. The van der Waals surface area contributed by atoms with Crippen molar-refractivity contribution in [3.8, 4) is 0 Å². The third-order valence-electron chi connectivity index (χ3n) is 4.10. The van der Waals surface area contributed by atoms with Crippen LogP contribution in [0.3, 0.4) is 0 Å². The monoisotopic (exact) mass is 403 g/mol. The van der Waals surface area contributed by atoms with E-state index in [1.54, 1.807) is 19.9 Å². The maximum atomic E-state index is 12.7. The van der Waals surface area contributed by atoms with E-state index >= 15 is 0 Å². The SMILES string of the molecule is CC1(NC(=O)C(C)(C)c2ncc(Cl)cc2Br)CC(NC(=O)O)C1. The van der Waals surface area contributed by atoms with E-state index in [0.29, 0.717) is 28.0 Å². The van der Waals surface area contributed by atoms with Gasteiger partial charge >= 0.3 is 6.09 Å². The summed E-state index contributed by atoms with van der Waals surface area (Å²) in [6.45, 7) is 5.49.